The summed E-state index contributed by atoms with van der Waals surface area (Å²) in [7, 11) is -6.85. The molecular weight excluding hydrogens is 905 g/mol. The van der Waals surface area contributed by atoms with E-state index in [4.69, 9.17) is 4.74 Å². The molecule has 2 aromatic carbocycles. The number of hydrogen-bond acceptors (Lipinski definition) is 14. The summed E-state index contributed by atoms with van der Waals surface area (Å²) in [4.78, 5) is 41.7. The summed E-state index contributed by atoms with van der Waals surface area (Å²) in [6.45, 7) is 5.08. The van der Waals surface area contributed by atoms with E-state index in [1.807, 2.05) is 12.1 Å². The normalized spacial score (nSPS) is 22.4. The summed E-state index contributed by atoms with van der Waals surface area (Å²) in [5, 5.41) is 19.7. The minimum atomic E-state index is -4.64. The molecule has 2 aliphatic heterocycles. The molecule has 5 aromatic rings. The van der Waals surface area contributed by atoms with Gasteiger partial charge in [-0.25, -0.2) is 27.5 Å². The Balaban J connectivity index is 0.822. The van der Waals surface area contributed by atoms with Crippen LogP contribution in [0.3, 0.4) is 0 Å². The minimum absolute atomic E-state index is 0.0213. The van der Waals surface area contributed by atoms with Crippen LogP contribution in [-0.2, 0) is 19.8 Å². The molecule has 19 heteroatoms. The molecule has 360 valence electrons. The topological polar surface area (TPSA) is 217 Å². The molecule has 5 aliphatic rings. The SMILES string of the molecule is CS(C)(=O)=NC1CCC(CNc2ncc(S(=O)(=O)NC(=O)c3ccc(N4CCC5(CC4)CC(N4CCNC[C@@H]4c4ccccc4C4CC4)C5)cc3Oc3cnc4[nH]ccc4c3)cc2[N+](=O)[O-])CC1. The number of aromatic nitrogens is 3. The third-order valence-electron chi connectivity index (χ3n) is 14.8. The van der Waals surface area contributed by atoms with Crippen LogP contribution >= 0.6 is 0 Å². The highest BCUT2D eigenvalue weighted by molar-refractivity contribution is 7.92. The van der Waals surface area contributed by atoms with E-state index < -0.39 is 41.2 Å². The van der Waals surface area contributed by atoms with Gasteiger partial charge in [0.1, 0.15) is 22.0 Å². The predicted molar refractivity (Wildman–Crippen MR) is 262 cm³/mol. The average molecular weight is 965 g/mol. The van der Waals surface area contributed by atoms with Gasteiger partial charge in [-0.3, -0.25) is 24.0 Å². The number of piperazine rings is 1. The zero-order valence-corrected chi connectivity index (χ0v) is 40.2. The number of fused-ring (bicyclic) bond motifs is 1. The quantitative estimate of drug-likeness (QED) is 0.0619. The number of hydrogen-bond donors (Lipinski definition) is 4. The summed E-state index contributed by atoms with van der Waals surface area (Å²) in [6.07, 6.45) is 17.7. The second-order valence-corrected chi connectivity index (χ2v) is 24.1. The third-order valence-corrected chi connectivity index (χ3v) is 16.9. The van der Waals surface area contributed by atoms with Gasteiger partial charge in [0, 0.05) is 103 Å². The third kappa shape index (κ3) is 10.1. The van der Waals surface area contributed by atoms with Crippen LogP contribution in [0.25, 0.3) is 11.0 Å². The number of anilines is 2. The van der Waals surface area contributed by atoms with Crippen molar-refractivity contribution in [1.29, 1.82) is 0 Å². The smallest absolute Gasteiger partial charge is 0.312 e. The first kappa shape index (κ1) is 46.1. The fraction of sp³-hybridized carbons (Fsp3) is 0.490. The molecule has 68 heavy (non-hydrogen) atoms. The summed E-state index contributed by atoms with van der Waals surface area (Å²) < 4.78 is 52.6. The number of amides is 1. The molecule has 3 aliphatic carbocycles. The van der Waals surface area contributed by atoms with Crippen molar-refractivity contribution in [3.05, 3.63) is 106 Å². The zero-order chi connectivity index (χ0) is 47.2. The lowest BCUT2D eigenvalue weighted by molar-refractivity contribution is -0.384. The highest BCUT2D eigenvalue weighted by Gasteiger charge is 2.50. The van der Waals surface area contributed by atoms with Gasteiger partial charge >= 0.3 is 5.69 Å². The standard InChI is InChI=1S/C49H60N10O7S2/c1-67(2,63)55-35-11-7-32(8-12-35)28-52-47-43(59(61)62)25-39(30-54-47)68(64,65)56-48(60)42-14-13-36(24-45(42)66-38-23-34-15-18-51-46(34)53-29-38)57-20-16-49(17-21-57)26-37(27-49)58-22-19-50-31-44(58)41-6-4-3-5-40(41)33-9-10-33/h3-6,13-15,18,23-25,29-30,32-33,35,37,44,50H,7-12,16-17,19-22,26-28,31H2,1-2H3,(H,51,53)(H,52,54)(H,56,60)/t32?,35?,44-/m1/s1. The lowest BCUT2D eigenvalue weighted by Gasteiger charge is -2.57. The van der Waals surface area contributed by atoms with E-state index in [-0.39, 0.29) is 34.5 Å². The molecular formula is C49H60N10O7S2. The van der Waals surface area contributed by atoms with Crippen LogP contribution in [0.5, 0.6) is 11.5 Å². The number of sulfonamides is 1. The largest absolute Gasteiger partial charge is 0.455 e. The first-order valence-electron chi connectivity index (χ1n) is 23.9. The molecule has 0 radical (unpaired) electrons. The summed E-state index contributed by atoms with van der Waals surface area (Å²) >= 11 is 0. The maximum atomic E-state index is 14.0. The van der Waals surface area contributed by atoms with Crippen molar-refractivity contribution in [2.45, 2.75) is 93.1 Å². The molecule has 3 aromatic heterocycles. The van der Waals surface area contributed by atoms with E-state index in [0.717, 1.165) is 94.6 Å². The number of nitrogens with one attached hydrogen (secondary N) is 4. The number of benzene rings is 2. The van der Waals surface area contributed by atoms with Crippen LogP contribution in [0, 0.1) is 21.4 Å². The molecule has 10 rings (SSSR count). The van der Waals surface area contributed by atoms with Crippen molar-refractivity contribution in [2.24, 2.45) is 15.7 Å². The molecule has 2 saturated heterocycles. The number of aromatic amines is 1. The molecule has 0 unspecified atom stereocenters. The summed E-state index contributed by atoms with van der Waals surface area (Å²) in [5.74, 6) is 0.332. The number of carbonyl (C=O) groups excluding carboxylic acids is 1. The van der Waals surface area contributed by atoms with E-state index >= 15 is 0 Å². The van der Waals surface area contributed by atoms with Crippen LogP contribution in [0.1, 0.15) is 97.7 Å². The van der Waals surface area contributed by atoms with Crippen LogP contribution in [0.15, 0.2) is 88.5 Å². The molecule has 5 fully saturated rings. The molecule has 17 nitrogen and oxygen atoms in total. The maximum absolute atomic E-state index is 14.0. The molecule has 4 N–H and O–H groups in total. The van der Waals surface area contributed by atoms with Gasteiger partial charge in [-0.2, -0.15) is 0 Å². The number of piperidine rings is 1. The van der Waals surface area contributed by atoms with Gasteiger partial charge in [-0.05, 0) is 117 Å². The Morgan fingerprint density at radius 3 is 2.44 bits per heavy atom. The van der Waals surface area contributed by atoms with Crippen molar-refractivity contribution in [3.63, 3.8) is 0 Å². The van der Waals surface area contributed by atoms with E-state index in [2.05, 4.69) is 68.7 Å². The number of pyridine rings is 2. The minimum Gasteiger partial charge on any atom is -0.455 e. The van der Waals surface area contributed by atoms with Crippen molar-refractivity contribution in [2.75, 3.05) is 62.0 Å². The van der Waals surface area contributed by atoms with Crippen molar-refractivity contribution in [3.8, 4) is 11.5 Å². The summed E-state index contributed by atoms with van der Waals surface area (Å²) in [6, 6.07) is 19.7. The Bertz CT molecular complexity index is 2940. The van der Waals surface area contributed by atoms with E-state index in [9.17, 15) is 27.5 Å². The average Bonchev–Trinajstić information content (AvgIpc) is 4.06. The van der Waals surface area contributed by atoms with Crippen molar-refractivity contribution in [1.82, 2.24) is 29.9 Å². The second-order valence-electron chi connectivity index (χ2n) is 19.9. The van der Waals surface area contributed by atoms with Gasteiger partial charge in [-0.15, -0.1) is 0 Å². The Kier molecular flexibility index (Phi) is 12.7. The van der Waals surface area contributed by atoms with Gasteiger partial charge < -0.3 is 25.3 Å². The Hall–Kier alpha value is -5.63. The van der Waals surface area contributed by atoms with Gasteiger partial charge in [-0.1, -0.05) is 24.3 Å². The van der Waals surface area contributed by atoms with Crippen LogP contribution in [-0.4, -0.2) is 107 Å². The molecule has 1 atom stereocenters. The molecule has 0 bridgehead atoms. The maximum Gasteiger partial charge on any atom is 0.312 e. The van der Waals surface area contributed by atoms with Crippen LogP contribution in [0.2, 0.25) is 0 Å². The van der Waals surface area contributed by atoms with Crippen molar-refractivity contribution >= 4 is 53.9 Å². The van der Waals surface area contributed by atoms with Gasteiger partial charge in [0.15, 0.2) is 0 Å². The van der Waals surface area contributed by atoms with Gasteiger partial charge in [0.2, 0.25) is 5.82 Å². The Morgan fingerprint density at radius 2 is 1.71 bits per heavy atom. The van der Waals surface area contributed by atoms with E-state index in [0.29, 0.717) is 35.9 Å². The second kappa shape index (κ2) is 18.7. The van der Waals surface area contributed by atoms with Gasteiger partial charge in [0.05, 0.1) is 28.9 Å². The van der Waals surface area contributed by atoms with Crippen LogP contribution in [0.4, 0.5) is 17.2 Å². The number of nitro groups is 1. The zero-order valence-electron chi connectivity index (χ0n) is 38.6. The number of carbonyl (C=O) groups is 1. The number of H-pyrrole nitrogens is 1. The van der Waals surface area contributed by atoms with Gasteiger partial charge in [0.25, 0.3) is 15.9 Å². The Morgan fingerprint density at radius 1 is 0.941 bits per heavy atom. The molecule has 1 spiro atoms. The first-order valence-corrected chi connectivity index (χ1v) is 27.7. The highest BCUT2D eigenvalue weighted by Crippen LogP contribution is 2.54. The predicted octanol–water partition coefficient (Wildman–Crippen LogP) is 7.75. The lowest BCUT2D eigenvalue weighted by atomic mass is 9.59. The summed E-state index contributed by atoms with van der Waals surface area (Å²) in [5.41, 5.74) is 4.24. The van der Waals surface area contributed by atoms with Crippen molar-refractivity contribution < 1.29 is 27.1 Å². The Labute approximate surface area is 397 Å². The number of nitrogens with zero attached hydrogens (tertiary/aromatic N) is 6. The van der Waals surface area contributed by atoms with Crippen LogP contribution < -0.4 is 25.0 Å². The van der Waals surface area contributed by atoms with E-state index in [1.54, 1.807) is 36.9 Å². The number of rotatable bonds is 14. The fourth-order valence-electron chi connectivity index (χ4n) is 11.1. The number of ether oxygens (including phenoxy) is 1. The first-order chi connectivity index (χ1) is 32.7. The monoisotopic (exact) mass is 964 g/mol. The molecule has 3 saturated carbocycles. The lowest BCUT2D eigenvalue weighted by Crippen LogP contribution is -2.59. The van der Waals surface area contributed by atoms with E-state index in [1.165, 1.54) is 43.0 Å². The highest BCUT2D eigenvalue weighted by atomic mass is 32.2. The molecule has 5 heterocycles. The molecule has 1 amide bonds. The fourth-order valence-corrected chi connectivity index (χ4v) is 12.9.